The van der Waals surface area contributed by atoms with Crippen LogP contribution in [-0.2, 0) is 14.3 Å². The van der Waals surface area contributed by atoms with Gasteiger partial charge in [0.1, 0.15) is 5.78 Å². The van der Waals surface area contributed by atoms with Gasteiger partial charge in [-0.1, -0.05) is 12.8 Å². The standard InChI is InChI=1S/C31H48N2O5/c1-19(23-5-6-23)32-28(35)37-17-30(13-21-3-9-25(30)11-21)15-27(34)16-31(14-22-4-10-26(31)12-22)18-38-29(36)33-20(2)24-7-8-24/h19-26H,3-18H2,1-2H3,(H,32,35)(H,33,36). The van der Waals surface area contributed by atoms with E-state index in [9.17, 15) is 14.4 Å². The van der Waals surface area contributed by atoms with Crippen molar-refractivity contribution in [3.63, 3.8) is 0 Å². The van der Waals surface area contributed by atoms with Crippen molar-refractivity contribution in [1.29, 1.82) is 0 Å². The van der Waals surface area contributed by atoms with Crippen molar-refractivity contribution in [2.75, 3.05) is 13.2 Å². The van der Waals surface area contributed by atoms with Gasteiger partial charge in [0.2, 0.25) is 0 Å². The maximum Gasteiger partial charge on any atom is 0.407 e. The largest absolute Gasteiger partial charge is 0.449 e. The summed E-state index contributed by atoms with van der Waals surface area (Å²) in [6.45, 7) is 4.80. The number of hydrogen-bond acceptors (Lipinski definition) is 5. The molecule has 0 aliphatic heterocycles. The van der Waals surface area contributed by atoms with E-state index >= 15 is 0 Å². The number of hydrogen-bond donors (Lipinski definition) is 2. The van der Waals surface area contributed by atoms with Gasteiger partial charge in [0, 0.05) is 35.8 Å². The van der Waals surface area contributed by atoms with Crippen LogP contribution in [0, 0.1) is 46.3 Å². The molecule has 0 saturated heterocycles. The van der Waals surface area contributed by atoms with Crippen LogP contribution in [0.3, 0.4) is 0 Å². The first kappa shape index (κ1) is 26.4. The van der Waals surface area contributed by atoms with Crippen LogP contribution in [0.1, 0.15) is 104 Å². The van der Waals surface area contributed by atoms with Gasteiger partial charge < -0.3 is 20.1 Å². The number of carbonyl (C=O) groups is 3. The highest BCUT2D eigenvalue weighted by Gasteiger charge is 2.56. The molecule has 4 bridgehead atoms. The highest BCUT2D eigenvalue weighted by atomic mass is 16.6. The minimum absolute atomic E-state index is 0.155. The third-order valence-corrected chi connectivity index (χ3v) is 11.6. The van der Waals surface area contributed by atoms with Crippen molar-refractivity contribution < 1.29 is 23.9 Å². The summed E-state index contributed by atoms with van der Waals surface area (Å²) in [5, 5.41) is 6.03. The van der Waals surface area contributed by atoms with E-state index in [-0.39, 0.29) is 40.9 Å². The fourth-order valence-corrected chi connectivity index (χ4v) is 9.15. The van der Waals surface area contributed by atoms with Crippen molar-refractivity contribution in [1.82, 2.24) is 10.6 Å². The summed E-state index contributed by atoms with van der Waals surface area (Å²) in [7, 11) is 0. The average Bonchev–Trinajstić information content (AvgIpc) is 3.77. The summed E-state index contributed by atoms with van der Waals surface area (Å²) in [5.41, 5.74) is -0.451. The molecule has 6 aliphatic rings. The number of nitrogens with one attached hydrogen (secondary N) is 2. The molecule has 7 heteroatoms. The number of alkyl carbamates (subject to hydrolysis) is 2. The molecule has 212 valence electrons. The van der Waals surface area contributed by atoms with Crippen LogP contribution in [0.5, 0.6) is 0 Å². The second-order valence-electron chi connectivity index (χ2n) is 14.5. The van der Waals surface area contributed by atoms with Crippen molar-refractivity contribution in [3.8, 4) is 0 Å². The second kappa shape index (κ2) is 10.3. The van der Waals surface area contributed by atoms with Crippen molar-refractivity contribution in [3.05, 3.63) is 0 Å². The summed E-state index contributed by atoms with van der Waals surface area (Å²) in [6.07, 6.45) is 14.1. The zero-order chi connectivity index (χ0) is 26.5. The second-order valence-corrected chi connectivity index (χ2v) is 14.5. The quantitative estimate of drug-likeness (QED) is 0.324. The predicted molar refractivity (Wildman–Crippen MR) is 143 cm³/mol. The minimum atomic E-state index is -0.330. The normalized spacial score (nSPS) is 38.6. The van der Waals surface area contributed by atoms with E-state index in [2.05, 4.69) is 24.5 Å². The fraction of sp³-hybridized carbons (Fsp3) is 0.903. The first-order valence-electron chi connectivity index (χ1n) is 15.6. The highest BCUT2D eigenvalue weighted by molar-refractivity contribution is 5.80. The molecule has 0 aromatic carbocycles. The van der Waals surface area contributed by atoms with Gasteiger partial charge in [-0.2, -0.15) is 0 Å². The first-order valence-corrected chi connectivity index (χ1v) is 15.6. The van der Waals surface area contributed by atoms with Gasteiger partial charge in [-0.3, -0.25) is 4.79 Å². The number of ether oxygens (including phenoxy) is 2. The Morgan fingerprint density at radius 3 is 1.42 bits per heavy atom. The van der Waals surface area contributed by atoms with E-state index < -0.39 is 0 Å². The van der Waals surface area contributed by atoms with Crippen LogP contribution in [0.4, 0.5) is 9.59 Å². The Labute approximate surface area is 227 Å². The van der Waals surface area contributed by atoms with Crippen LogP contribution in [0.15, 0.2) is 0 Å². The highest BCUT2D eigenvalue weighted by Crippen LogP contribution is 2.60. The van der Waals surface area contributed by atoms with Crippen LogP contribution < -0.4 is 10.6 Å². The molecule has 6 saturated carbocycles. The number of amides is 2. The van der Waals surface area contributed by atoms with E-state index in [0.717, 1.165) is 38.5 Å². The molecule has 7 nitrogen and oxygen atoms in total. The summed E-state index contributed by atoms with van der Waals surface area (Å²) >= 11 is 0. The van der Waals surface area contributed by atoms with Gasteiger partial charge in [-0.05, 0) is 114 Å². The molecule has 6 fully saturated rings. The molecule has 6 rings (SSSR count). The number of rotatable bonds is 12. The van der Waals surface area contributed by atoms with Gasteiger partial charge in [-0.25, -0.2) is 9.59 Å². The molecule has 0 radical (unpaired) electrons. The smallest absolute Gasteiger partial charge is 0.407 e. The Bertz CT molecular complexity index is 859. The van der Waals surface area contributed by atoms with E-state index in [1.165, 1.54) is 38.5 Å². The molecule has 6 aliphatic carbocycles. The van der Waals surface area contributed by atoms with E-state index in [0.29, 0.717) is 61.6 Å². The Balaban J connectivity index is 1.08. The van der Waals surface area contributed by atoms with Gasteiger partial charge in [0.05, 0.1) is 13.2 Å². The van der Waals surface area contributed by atoms with Gasteiger partial charge in [0.15, 0.2) is 0 Å². The molecule has 0 aromatic heterocycles. The van der Waals surface area contributed by atoms with Crippen LogP contribution in [0.25, 0.3) is 0 Å². The molecule has 0 heterocycles. The van der Waals surface area contributed by atoms with E-state index in [4.69, 9.17) is 9.47 Å². The third-order valence-electron chi connectivity index (χ3n) is 11.6. The Morgan fingerprint density at radius 1 is 0.684 bits per heavy atom. The first-order chi connectivity index (χ1) is 18.2. The molecule has 0 spiro atoms. The van der Waals surface area contributed by atoms with Crippen molar-refractivity contribution >= 4 is 18.0 Å². The van der Waals surface area contributed by atoms with E-state index in [1.807, 2.05) is 0 Å². The van der Waals surface area contributed by atoms with Gasteiger partial charge in [-0.15, -0.1) is 0 Å². The Morgan fingerprint density at radius 2 is 1.11 bits per heavy atom. The summed E-state index contributed by atoms with van der Waals surface area (Å²) in [6, 6.07) is 0.310. The maximum absolute atomic E-state index is 13.8. The number of carbonyl (C=O) groups excluding carboxylic acids is 3. The maximum atomic E-state index is 13.8. The monoisotopic (exact) mass is 528 g/mol. The Hall–Kier alpha value is -1.79. The van der Waals surface area contributed by atoms with Gasteiger partial charge in [0.25, 0.3) is 0 Å². The molecular weight excluding hydrogens is 480 g/mol. The molecule has 8 unspecified atom stereocenters. The van der Waals surface area contributed by atoms with Crippen molar-refractivity contribution in [2.24, 2.45) is 46.3 Å². The Kier molecular flexibility index (Phi) is 7.17. The molecular formula is C31H48N2O5. The minimum Gasteiger partial charge on any atom is -0.449 e. The fourth-order valence-electron chi connectivity index (χ4n) is 9.15. The van der Waals surface area contributed by atoms with Crippen molar-refractivity contribution in [2.45, 2.75) is 116 Å². The lowest BCUT2D eigenvalue weighted by Gasteiger charge is -2.40. The number of fused-ring (bicyclic) bond motifs is 4. The zero-order valence-electron chi connectivity index (χ0n) is 23.5. The predicted octanol–water partition coefficient (Wildman–Crippen LogP) is 6.00. The molecule has 38 heavy (non-hydrogen) atoms. The average molecular weight is 529 g/mol. The zero-order valence-corrected chi connectivity index (χ0v) is 23.5. The summed E-state index contributed by atoms with van der Waals surface area (Å²) in [4.78, 5) is 39.0. The molecule has 8 atom stereocenters. The summed E-state index contributed by atoms with van der Waals surface area (Å²) < 4.78 is 11.7. The van der Waals surface area contributed by atoms with E-state index in [1.54, 1.807) is 0 Å². The third kappa shape index (κ3) is 5.58. The molecule has 2 N–H and O–H groups in total. The van der Waals surface area contributed by atoms with Crippen LogP contribution in [-0.4, -0.2) is 43.3 Å². The lowest BCUT2D eigenvalue weighted by molar-refractivity contribution is -0.128. The number of ketones is 1. The lowest BCUT2D eigenvalue weighted by Crippen LogP contribution is -2.43. The van der Waals surface area contributed by atoms with Gasteiger partial charge >= 0.3 is 12.2 Å². The molecule has 2 amide bonds. The molecule has 0 aromatic rings. The lowest BCUT2D eigenvalue weighted by atomic mass is 9.66. The van der Waals surface area contributed by atoms with Crippen LogP contribution >= 0.6 is 0 Å². The summed E-state index contributed by atoms with van der Waals surface area (Å²) in [5.74, 6) is 3.68. The topological polar surface area (TPSA) is 93.7 Å². The number of Topliss-reactive ketones (excluding diaryl/α,β-unsaturated/α-hetero) is 1. The SMILES string of the molecule is CC(NC(=O)OCC1(CC(=O)CC2(COC(=O)NC(C)C3CC3)CC3CCC2C3)CC2CCC1C2)C1CC1. The van der Waals surface area contributed by atoms with Crippen LogP contribution in [0.2, 0.25) is 0 Å².